The molecule has 1 rings (SSSR count). The molecule has 1 N–H and O–H groups in total. The van der Waals surface area contributed by atoms with Crippen LogP contribution in [0.25, 0.3) is 0 Å². The van der Waals surface area contributed by atoms with E-state index in [0.29, 0.717) is 12.3 Å². The Morgan fingerprint density at radius 2 is 1.70 bits per heavy atom. The normalized spacial score (nSPS) is 16.6. The smallest absolute Gasteiger partial charge is 0.240 e. The molecule has 1 aliphatic rings. The molecule has 1 saturated carbocycles. The van der Waals surface area contributed by atoms with Gasteiger partial charge in [-0.05, 0) is 25.2 Å². The average molecular weight is 280 g/mol. The third kappa shape index (κ3) is 9.11. The van der Waals surface area contributed by atoms with Crippen LogP contribution in [0, 0.1) is 5.92 Å². The Morgan fingerprint density at radius 1 is 1.05 bits per heavy atom. The van der Waals surface area contributed by atoms with E-state index in [1.54, 1.807) is 0 Å². The molecular weight excluding hydrogens is 248 g/mol. The van der Waals surface area contributed by atoms with Crippen molar-refractivity contribution in [3.63, 3.8) is 0 Å². The minimum atomic E-state index is 0.0746. The number of nitrogens with zero attached hydrogens (tertiary/aromatic N) is 1. The molecule has 0 radical (unpaired) electrons. The van der Waals surface area contributed by atoms with Crippen molar-refractivity contribution < 1.29 is 4.79 Å². The lowest BCUT2D eigenvalue weighted by molar-refractivity contribution is -0.121. The van der Waals surface area contributed by atoms with Gasteiger partial charge in [-0.1, -0.05) is 64.7 Å². The minimum absolute atomic E-state index is 0.0746. The fraction of sp³-hybridized carbons (Fsp3) is 0.882. The molecule has 1 amide bonds. The zero-order chi connectivity index (χ0) is 14.5. The molecule has 1 fully saturated rings. The topological polar surface area (TPSA) is 41.5 Å². The van der Waals surface area contributed by atoms with Crippen LogP contribution in [-0.4, -0.2) is 12.1 Å². The van der Waals surface area contributed by atoms with Crippen molar-refractivity contribution in [3.05, 3.63) is 0 Å². The fourth-order valence-corrected chi connectivity index (χ4v) is 2.80. The standard InChI is InChI=1S/C17H32N2O/c1-2-3-4-5-6-7-11-14-17(20)19-18-15-16-12-9-8-10-13-16/h15-16H,2-14H2,1H3,(H,19,20). The minimum Gasteiger partial charge on any atom is -0.273 e. The molecule has 0 saturated heterocycles. The molecule has 0 unspecified atom stereocenters. The maximum Gasteiger partial charge on any atom is 0.240 e. The van der Waals surface area contributed by atoms with Gasteiger partial charge in [-0.3, -0.25) is 4.79 Å². The Balaban J connectivity index is 1.93. The van der Waals surface area contributed by atoms with Crippen molar-refractivity contribution in [2.75, 3.05) is 0 Å². The number of carbonyl (C=O) groups is 1. The summed E-state index contributed by atoms with van der Waals surface area (Å²) in [4.78, 5) is 11.6. The molecule has 0 spiro atoms. The number of hydrazone groups is 1. The highest BCUT2D eigenvalue weighted by atomic mass is 16.2. The lowest BCUT2D eigenvalue weighted by Crippen LogP contribution is -2.18. The molecule has 0 heterocycles. The number of unbranched alkanes of at least 4 members (excludes halogenated alkanes) is 6. The van der Waals surface area contributed by atoms with Crippen LogP contribution in [0.4, 0.5) is 0 Å². The molecule has 116 valence electrons. The zero-order valence-electron chi connectivity index (χ0n) is 13.2. The summed E-state index contributed by atoms with van der Waals surface area (Å²) in [6.07, 6.45) is 17.7. The Kier molecular flexibility index (Phi) is 10.3. The highest BCUT2D eigenvalue weighted by Gasteiger charge is 2.10. The van der Waals surface area contributed by atoms with Crippen molar-refractivity contribution in [1.29, 1.82) is 0 Å². The number of nitrogens with one attached hydrogen (secondary N) is 1. The number of hydrogen-bond donors (Lipinski definition) is 1. The first-order chi connectivity index (χ1) is 9.83. The highest BCUT2D eigenvalue weighted by molar-refractivity contribution is 5.76. The monoisotopic (exact) mass is 280 g/mol. The summed E-state index contributed by atoms with van der Waals surface area (Å²) < 4.78 is 0. The Morgan fingerprint density at radius 3 is 2.40 bits per heavy atom. The van der Waals surface area contributed by atoms with Crippen LogP contribution < -0.4 is 5.43 Å². The Bertz CT molecular complexity index is 270. The second-order valence-electron chi connectivity index (χ2n) is 6.08. The molecule has 0 aromatic carbocycles. The first kappa shape index (κ1) is 17.2. The van der Waals surface area contributed by atoms with E-state index in [0.717, 1.165) is 6.42 Å². The first-order valence-electron chi connectivity index (χ1n) is 8.65. The lowest BCUT2D eigenvalue weighted by Gasteiger charge is -2.16. The van der Waals surface area contributed by atoms with Crippen molar-refractivity contribution in [1.82, 2.24) is 5.43 Å². The molecule has 20 heavy (non-hydrogen) atoms. The van der Waals surface area contributed by atoms with E-state index in [1.807, 2.05) is 6.21 Å². The van der Waals surface area contributed by atoms with Crippen LogP contribution in [0.2, 0.25) is 0 Å². The van der Waals surface area contributed by atoms with Crippen molar-refractivity contribution >= 4 is 12.1 Å². The summed E-state index contributed by atoms with van der Waals surface area (Å²) >= 11 is 0. The van der Waals surface area contributed by atoms with Gasteiger partial charge in [-0.25, -0.2) is 5.43 Å². The molecule has 1 aliphatic carbocycles. The van der Waals surface area contributed by atoms with E-state index in [4.69, 9.17) is 0 Å². The zero-order valence-corrected chi connectivity index (χ0v) is 13.2. The third-order valence-corrected chi connectivity index (χ3v) is 4.13. The second-order valence-corrected chi connectivity index (χ2v) is 6.08. The maximum absolute atomic E-state index is 11.6. The molecule has 0 aromatic rings. The molecule has 0 aromatic heterocycles. The van der Waals surface area contributed by atoms with Crippen LogP contribution in [0.5, 0.6) is 0 Å². The second kappa shape index (κ2) is 11.9. The summed E-state index contributed by atoms with van der Waals surface area (Å²) in [6, 6.07) is 0. The van der Waals surface area contributed by atoms with Gasteiger partial charge in [-0.15, -0.1) is 0 Å². The van der Waals surface area contributed by atoms with Gasteiger partial charge in [0.25, 0.3) is 0 Å². The van der Waals surface area contributed by atoms with Gasteiger partial charge < -0.3 is 0 Å². The Hall–Kier alpha value is -0.860. The van der Waals surface area contributed by atoms with Crippen LogP contribution >= 0.6 is 0 Å². The quantitative estimate of drug-likeness (QED) is 0.348. The van der Waals surface area contributed by atoms with Gasteiger partial charge >= 0.3 is 0 Å². The highest BCUT2D eigenvalue weighted by Crippen LogP contribution is 2.21. The van der Waals surface area contributed by atoms with E-state index < -0.39 is 0 Å². The van der Waals surface area contributed by atoms with E-state index in [-0.39, 0.29) is 5.91 Å². The van der Waals surface area contributed by atoms with Gasteiger partial charge in [0.1, 0.15) is 0 Å². The van der Waals surface area contributed by atoms with Crippen LogP contribution in [0.1, 0.15) is 90.4 Å². The summed E-state index contributed by atoms with van der Waals surface area (Å²) in [5, 5.41) is 4.11. The molecule has 3 heteroatoms. The van der Waals surface area contributed by atoms with Gasteiger partial charge in [-0.2, -0.15) is 5.10 Å². The summed E-state index contributed by atoms with van der Waals surface area (Å²) in [5.74, 6) is 0.660. The van der Waals surface area contributed by atoms with E-state index in [1.165, 1.54) is 70.6 Å². The van der Waals surface area contributed by atoms with Gasteiger partial charge in [0, 0.05) is 12.6 Å². The van der Waals surface area contributed by atoms with Crippen molar-refractivity contribution in [2.45, 2.75) is 90.4 Å². The van der Waals surface area contributed by atoms with E-state index >= 15 is 0 Å². The first-order valence-corrected chi connectivity index (χ1v) is 8.65. The molecule has 3 nitrogen and oxygen atoms in total. The number of hydrogen-bond acceptors (Lipinski definition) is 2. The largest absolute Gasteiger partial charge is 0.273 e. The number of carbonyl (C=O) groups excluding carboxylic acids is 1. The molecular formula is C17H32N2O. The fourth-order valence-electron chi connectivity index (χ4n) is 2.80. The molecule has 0 bridgehead atoms. The SMILES string of the molecule is CCCCCCCCCC(=O)NN=CC1CCCCC1. The summed E-state index contributed by atoms with van der Waals surface area (Å²) in [7, 11) is 0. The van der Waals surface area contributed by atoms with Crippen molar-refractivity contribution in [2.24, 2.45) is 11.0 Å². The van der Waals surface area contributed by atoms with Crippen molar-refractivity contribution in [3.8, 4) is 0 Å². The maximum atomic E-state index is 11.6. The third-order valence-electron chi connectivity index (χ3n) is 4.13. The Labute approximate surface area is 124 Å². The van der Waals surface area contributed by atoms with Gasteiger partial charge in [0.2, 0.25) is 5.91 Å². The molecule has 0 atom stereocenters. The predicted octanol–water partition coefficient (Wildman–Crippen LogP) is 4.81. The van der Waals surface area contributed by atoms with E-state index in [2.05, 4.69) is 17.5 Å². The van der Waals surface area contributed by atoms with Gasteiger partial charge in [0.05, 0.1) is 0 Å². The average Bonchev–Trinajstić information content (AvgIpc) is 2.47. The van der Waals surface area contributed by atoms with E-state index in [9.17, 15) is 4.79 Å². The number of rotatable bonds is 10. The number of amides is 1. The summed E-state index contributed by atoms with van der Waals surface area (Å²) in [6.45, 7) is 2.23. The molecule has 0 aliphatic heterocycles. The summed E-state index contributed by atoms with van der Waals surface area (Å²) in [5.41, 5.74) is 2.67. The predicted molar refractivity (Wildman–Crippen MR) is 85.8 cm³/mol. The van der Waals surface area contributed by atoms with Crippen LogP contribution in [0.3, 0.4) is 0 Å². The van der Waals surface area contributed by atoms with Crippen LogP contribution in [-0.2, 0) is 4.79 Å². The van der Waals surface area contributed by atoms with Crippen LogP contribution in [0.15, 0.2) is 5.10 Å². The van der Waals surface area contributed by atoms with Gasteiger partial charge in [0.15, 0.2) is 0 Å². The lowest BCUT2D eigenvalue weighted by atomic mass is 9.90.